The number of nitrogens with zero attached hydrogens (tertiary/aromatic N) is 1. The molecule has 7 heteroatoms. The van der Waals surface area contributed by atoms with Crippen LogP contribution in [0, 0.1) is 0 Å². The first kappa shape index (κ1) is 56.7. The van der Waals surface area contributed by atoms with Crippen molar-refractivity contribution in [3.05, 3.63) is 59.7 Å². The molecule has 0 saturated carbocycles. The smallest absolute Gasteiger partial charge is 0.335 e. The minimum absolute atomic E-state index is 0.118. The topological polar surface area (TPSA) is 97.7 Å². The van der Waals surface area contributed by atoms with Crippen LogP contribution in [0.2, 0.25) is 0 Å². The van der Waals surface area contributed by atoms with Crippen molar-refractivity contribution in [1.82, 2.24) is 0 Å². The second-order valence-corrected chi connectivity index (χ2v) is 19.5. The van der Waals surface area contributed by atoms with Gasteiger partial charge in [0.25, 0.3) is 0 Å². The minimum atomic E-state index is -1.48. The van der Waals surface area contributed by atoms with E-state index >= 15 is 0 Å². The van der Waals surface area contributed by atoms with Gasteiger partial charge in [0.2, 0.25) is 0 Å². The number of unbranched alkanes of at least 4 members (excludes halogenated alkanes) is 28. The highest BCUT2D eigenvalue weighted by molar-refractivity contribution is 7.91. The van der Waals surface area contributed by atoms with Gasteiger partial charge in [-0.3, -0.25) is 0 Å². The second kappa shape index (κ2) is 39.3. The molecular formula is C54H94NO5S+. The van der Waals surface area contributed by atoms with Crippen molar-refractivity contribution in [2.75, 3.05) is 26.2 Å². The summed E-state index contributed by atoms with van der Waals surface area (Å²) in [5.41, 5.74) is 0.235. The molecule has 2 aromatic rings. The molecule has 6 nitrogen and oxygen atoms in total. The summed E-state index contributed by atoms with van der Waals surface area (Å²) in [7, 11) is 0. The molecule has 0 atom stereocenters. The van der Waals surface area contributed by atoms with Crippen molar-refractivity contribution in [3.63, 3.8) is 0 Å². The van der Waals surface area contributed by atoms with Gasteiger partial charge in [0, 0.05) is 11.2 Å². The summed E-state index contributed by atoms with van der Waals surface area (Å²) in [5.74, 6) is -2.10. The predicted molar refractivity (Wildman–Crippen MR) is 262 cm³/mol. The molecule has 2 aromatic carbocycles. The molecule has 0 saturated heterocycles. The third kappa shape index (κ3) is 29.6. The minimum Gasteiger partial charge on any atom is -0.606 e. The van der Waals surface area contributed by atoms with Gasteiger partial charge >= 0.3 is 11.9 Å². The first-order valence-corrected chi connectivity index (χ1v) is 26.8. The van der Waals surface area contributed by atoms with Crippen LogP contribution in [0.3, 0.4) is 0 Å². The number of benzene rings is 2. The number of carboxylic acid groups (broad SMARTS) is 2. The van der Waals surface area contributed by atoms with Gasteiger partial charge in [-0.25, -0.2) is 9.59 Å². The van der Waals surface area contributed by atoms with Crippen molar-refractivity contribution in [2.45, 2.75) is 243 Å². The number of rotatable bonds is 40. The van der Waals surface area contributed by atoms with Gasteiger partial charge in [-0.05, 0) is 99.9 Å². The summed E-state index contributed by atoms with van der Waals surface area (Å²) in [5, 5.41) is 17.6. The standard InChI is InChI=1S/C40H84N.C14H10O5S/c1-5-9-13-17-21-25-29-33-37-41(38-34-30-26-22-18-14-10-6-2,39-35-31-27-23-19-15-11-7-3)40-36-32-28-24-20-16-12-8-4;15-13(16)9-1-5-11(6-2-9)20(19)12-7-3-10(4-8-12)14(17)18/h5-40H2,1-4H3;1-8H,(H,15,16)(H,17,18)/q+1;. The molecule has 0 aromatic heterocycles. The maximum atomic E-state index is 12.2. The second-order valence-electron chi connectivity index (χ2n) is 18.1. The van der Waals surface area contributed by atoms with Crippen LogP contribution in [-0.4, -0.2) is 57.4 Å². The molecule has 0 aliphatic rings. The van der Waals surface area contributed by atoms with Gasteiger partial charge in [-0.2, -0.15) is 0 Å². The zero-order valence-corrected chi connectivity index (χ0v) is 40.9. The maximum Gasteiger partial charge on any atom is 0.335 e. The lowest BCUT2D eigenvalue weighted by molar-refractivity contribution is -0.929. The normalized spacial score (nSPS) is 11.5. The molecule has 0 radical (unpaired) electrons. The highest BCUT2D eigenvalue weighted by Gasteiger charge is 2.26. The van der Waals surface area contributed by atoms with Crippen molar-refractivity contribution in [2.24, 2.45) is 0 Å². The first-order chi connectivity index (χ1) is 29.7. The van der Waals surface area contributed by atoms with Crippen LogP contribution in [0.25, 0.3) is 0 Å². The van der Waals surface area contributed by atoms with Gasteiger partial charge in [-0.15, -0.1) is 0 Å². The third-order valence-corrected chi connectivity index (χ3v) is 14.0. The van der Waals surface area contributed by atoms with E-state index in [1.54, 1.807) is 0 Å². The summed E-state index contributed by atoms with van der Waals surface area (Å²) in [6, 6.07) is 11.4. The lowest BCUT2D eigenvalue weighted by atomic mass is 10.0. The third-order valence-electron chi connectivity index (χ3n) is 12.6. The molecule has 0 spiro atoms. The molecule has 0 heterocycles. The Morgan fingerprint density at radius 1 is 0.377 bits per heavy atom. The van der Waals surface area contributed by atoms with Gasteiger partial charge < -0.3 is 19.2 Å². The van der Waals surface area contributed by atoms with Crippen LogP contribution in [0.1, 0.15) is 254 Å². The van der Waals surface area contributed by atoms with Crippen LogP contribution in [0.15, 0.2) is 58.3 Å². The van der Waals surface area contributed by atoms with Gasteiger partial charge in [0.05, 0.1) is 37.3 Å². The zero-order valence-electron chi connectivity index (χ0n) is 40.0. The fourth-order valence-corrected chi connectivity index (χ4v) is 9.61. The number of hydrogen-bond donors (Lipinski definition) is 2. The summed E-state index contributed by atoms with van der Waals surface area (Å²) >= 11 is -1.48. The number of carboxylic acids is 2. The Kier molecular flexibility index (Phi) is 36.5. The van der Waals surface area contributed by atoms with E-state index in [0.29, 0.717) is 9.79 Å². The van der Waals surface area contributed by atoms with E-state index in [4.69, 9.17) is 10.2 Å². The molecule has 0 bridgehead atoms. The first-order valence-electron chi connectivity index (χ1n) is 25.7. The van der Waals surface area contributed by atoms with E-state index in [0.717, 1.165) is 0 Å². The lowest BCUT2D eigenvalue weighted by Crippen LogP contribution is -2.50. The molecule has 2 N–H and O–H groups in total. The summed E-state index contributed by atoms with van der Waals surface area (Å²) in [4.78, 5) is 22.4. The van der Waals surface area contributed by atoms with Gasteiger partial charge in [-0.1, -0.05) is 182 Å². The van der Waals surface area contributed by atoms with E-state index < -0.39 is 23.1 Å². The molecule has 0 fully saturated rings. The van der Waals surface area contributed by atoms with Crippen molar-refractivity contribution in [3.8, 4) is 0 Å². The Bertz CT molecular complexity index is 1160. The Hall–Kier alpha value is -2.35. The van der Waals surface area contributed by atoms with Gasteiger partial charge in [0.1, 0.15) is 0 Å². The zero-order chi connectivity index (χ0) is 44.7. The van der Waals surface area contributed by atoms with E-state index in [-0.39, 0.29) is 11.1 Å². The highest BCUT2D eigenvalue weighted by atomic mass is 32.2. The molecule has 350 valence electrons. The monoisotopic (exact) mass is 869 g/mol. The van der Waals surface area contributed by atoms with Crippen molar-refractivity contribution < 1.29 is 28.8 Å². The van der Waals surface area contributed by atoms with Crippen LogP contribution in [0.5, 0.6) is 0 Å². The largest absolute Gasteiger partial charge is 0.606 e. The van der Waals surface area contributed by atoms with Gasteiger partial charge in [0.15, 0.2) is 9.79 Å². The van der Waals surface area contributed by atoms with E-state index in [2.05, 4.69) is 27.7 Å². The number of quaternary nitrogens is 1. The lowest BCUT2D eigenvalue weighted by Gasteiger charge is -2.40. The average Bonchev–Trinajstić information content (AvgIpc) is 3.27. The van der Waals surface area contributed by atoms with Crippen molar-refractivity contribution >= 4 is 23.1 Å². The molecular weight excluding hydrogens is 775 g/mol. The van der Waals surface area contributed by atoms with Crippen LogP contribution < -0.4 is 0 Å². The molecule has 61 heavy (non-hydrogen) atoms. The molecule has 0 unspecified atom stereocenters. The molecule has 2 rings (SSSR count). The van der Waals surface area contributed by atoms with Crippen LogP contribution >= 0.6 is 0 Å². The Labute approximate surface area is 379 Å². The Balaban J connectivity index is 0.000000766. The Morgan fingerprint density at radius 2 is 0.574 bits per heavy atom. The van der Waals surface area contributed by atoms with E-state index in [1.165, 1.54) is 285 Å². The van der Waals surface area contributed by atoms with Crippen LogP contribution in [0.4, 0.5) is 0 Å². The fourth-order valence-electron chi connectivity index (χ4n) is 8.57. The molecule has 0 amide bonds. The van der Waals surface area contributed by atoms with E-state index in [9.17, 15) is 14.1 Å². The predicted octanol–water partition coefficient (Wildman–Crippen LogP) is 16.6. The quantitative estimate of drug-likeness (QED) is 0.0395. The highest BCUT2D eigenvalue weighted by Crippen LogP contribution is 2.23. The Morgan fingerprint density at radius 3 is 0.770 bits per heavy atom. The van der Waals surface area contributed by atoms with Crippen LogP contribution in [-0.2, 0) is 11.2 Å². The maximum absolute atomic E-state index is 12.2. The number of aromatic carboxylic acids is 2. The molecule has 0 aliphatic heterocycles. The fraction of sp³-hybridized carbons (Fsp3) is 0.741. The SMILES string of the molecule is CCCCCCCCCC[N+](CCCCCCCCCC)(CCCCCCCCCC)CCCCCCCCCC.O=C(O)c1ccc([S+]([O-])c2ccc(C(=O)O)cc2)cc1. The molecule has 0 aliphatic carbocycles. The summed E-state index contributed by atoms with van der Waals surface area (Å²) in [6.45, 7) is 15.3. The summed E-state index contributed by atoms with van der Waals surface area (Å²) < 4.78 is 13.7. The number of hydrogen-bond acceptors (Lipinski definition) is 3. The van der Waals surface area contributed by atoms with E-state index in [1.807, 2.05) is 0 Å². The summed E-state index contributed by atoms with van der Waals surface area (Å²) in [6.07, 6.45) is 46.7. The van der Waals surface area contributed by atoms with Crippen molar-refractivity contribution in [1.29, 1.82) is 0 Å². The number of carbonyl (C=O) groups is 2. The average molecular weight is 869 g/mol.